The zero-order valence-electron chi connectivity index (χ0n) is 8.70. The third-order valence-corrected chi connectivity index (χ3v) is 2.41. The molecule has 1 N–H and O–H groups in total. The normalized spacial score (nSPS) is 9.62. The number of benzene rings is 1. The summed E-state index contributed by atoms with van der Waals surface area (Å²) in [5.41, 5.74) is 0.134. The van der Waals surface area contributed by atoms with Crippen LogP contribution in [0.5, 0.6) is 11.5 Å². The fourth-order valence-corrected chi connectivity index (χ4v) is 1.68. The summed E-state index contributed by atoms with van der Waals surface area (Å²) in [5, 5.41) is 8.86. The van der Waals surface area contributed by atoms with Crippen LogP contribution in [0, 0.1) is 0 Å². The lowest BCUT2D eigenvalue weighted by Gasteiger charge is -2.12. The maximum absolute atomic E-state index is 10.8. The van der Waals surface area contributed by atoms with Gasteiger partial charge >= 0.3 is 5.97 Å². The molecule has 0 aliphatic carbocycles. The van der Waals surface area contributed by atoms with Crippen molar-refractivity contribution < 1.29 is 19.4 Å². The van der Waals surface area contributed by atoms with Crippen molar-refractivity contribution in [3.05, 3.63) is 34.8 Å². The smallest absolute Gasteiger partial charge is 0.335 e. The summed E-state index contributed by atoms with van der Waals surface area (Å²) >= 11 is 3.23. The molecule has 0 saturated heterocycles. The van der Waals surface area contributed by atoms with Gasteiger partial charge in [0, 0.05) is 0 Å². The average molecular weight is 287 g/mol. The molecule has 1 aromatic rings. The van der Waals surface area contributed by atoms with Crippen molar-refractivity contribution in [2.45, 2.75) is 0 Å². The number of methoxy groups -OCH3 is 1. The SMILES string of the molecule is C=CCOc1c(Br)cc(C(=O)O)cc1OC. The van der Waals surface area contributed by atoms with E-state index in [0.717, 1.165) is 0 Å². The molecule has 0 unspecified atom stereocenters. The molecule has 0 aromatic heterocycles. The summed E-state index contributed by atoms with van der Waals surface area (Å²) in [6.45, 7) is 3.85. The van der Waals surface area contributed by atoms with Crippen LogP contribution < -0.4 is 9.47 Å². The van der Waals surface area contributed by atoms with Crippen LogP contribution in [0.15, 0.2) is 29.3 Å². The number of carbonyl (C=O) groups is 1. The second kappa shape index (κ2) is 5.55. The van der Waals surface area contributed by atoms with Crippen molar-refractivity contribution in [2.75, 3.05) is 13.7 Å². The maximum atomic E-state index is 10.8. The largest absolute Gasteiger partial charge is 0.493 e. The highest BCUT2D eigenvalue weighted by Gasteiger charge is 2.14. The number of aromatic carboxylic acids is 1. The fourth-order valence-electron chi connectivity index (χ4n) is 1.13. The van der Waals surface area contributed by atoms with Crippen molar-refractivity contribution in [3.8, 4) is 11.5 Å². The van der Waals surface area contributed by atoms with Crippen molar-refractivity contribution in [3.63, 3.8) is 0 Å². The Balaban J connectivity index is 3.17. The van der Waals surface area contributed by atoms with Crippen LogP contribution >= 0.6 is 15.9 Å². The van der Waals surface area contributed by atoms with E-state index in [1.165, 1.54) is 19.2 Å². The lowest BCUT2D eigenvalue weighted by molar-refractivity contribution is 0.0696. The second-order valence-electron chi connectivity index (χ2n) is 2.89. The van der Waals surface area contributed by atoms with Gasteiger partial charge < -0.3 is 14.6 Å². The van der Waals surface area contributed by atoms with Gasteiger partial charge in [-0.25, -0.2) is 4.79 Å². The summed E-state index contributed by atoms with van der Waals surface area (Å²) in [6.07, 6.45) is 1.59. The molecule has 0 heterocycles. The summed E-state index contributed by atoms with van der Waals surface area (Å²) in [7, 11) is 1.45. The van der Waals surface area contributed by atoms with Crippen LogP contribution in [0.1, 0.15) is 10.4 Å². The Kier molecular flexibility index (Phi) is 4.37. The number of carboxylic acid groups (broad SMARTS) is 1. The van der Waals surface area contributed by atoms with Crippen LogP contribution in [0.3, 0.4) is 0 Å². The summed E-state index contributed by atoms with van der Waals surface area (Å²) in [5.74, 6) is -0.185. The molecule has 0 spiro atoms. The fraction of sp³-hybridized carbons (Fsp3) is 0.182. The Morgan fingerprint density at radius 2 is 2.31 bits per heavy atom. The van der Waals surface area contributed by atoms with Crippen LogP contribution in [-0.4, -0.2) is 24.8 Å². The third kappa shape index (κ3) is 2.76. The molecule has 0 atom stereocenters. The predicted molar refractivity (Wildman–Crippen MR) is 63.3 cm³/mol. The molecule has 5 heteroatoms. The number of hydrogen-bond donors (Lipinski definition) is 1. The molecule has 0 amide bonds. The zero-order chi connectivity index (χ0) is 12.1. The first-order valence-corrected chi connectivity index (χ1v) is 5.24. The molecular weight excluding hydrogens is 276 g/mol. The van der Waals surface area contributed by atoms with Gasteiger partial charge in [-0.3, -0.25) is 0 Å². The highest BCUT2D eigenvalue weighted by molar-refractivity contribution is 9.10. The average Bonchev–Trinajstić information content (AvgIpc) is 2.26. The monoisotopic (exact) mass is 286 g/mol. The van der Waals surface area contributed by atoms with E-state index in [-0.39, 0.29) is 5.56 Å². The Labute approximate surface area is 102 Å². The zero-order valence-corrected chi connectivity index (χ0v) is 10.3. The first-order chi connectivity index (χ1) is 7.60. The van der Waals surface area contributed by atoms with Gasteiger partial charge in [-0.15, -0.1) is 0 Å². The van der Waals surface area contributed by atoms with Crippen molar-refractivity contribution in [1.29, 1.82) is 0 Å². The van der Waals surface area contributed by atoms with Gasteiger partial charge in [0.05, 0.1) is 17.1 Å². The van der Waals surface area contributed by atoms with E-state index in [9.17, 15) is 4.79 Å². The molecule has 0 bridgehead atoms. The van der Waals surface area contributed by atoms with Crippen LogP contribution in [0.2, 0.25) is 0 Å². The van der Waals surface area contributed by atoms with Gasteiger partial charge in [-0.05, 0) is 28.1 Å². The maximum Gasteiger partial charge on any atom is 0.335 e. The number of rotatable bonds is 5. The molecule has 0 aliphatic rings. The minimum absolute atomic E-state index is 0.134. The molecule has 16 heavy (non-hydrogen) atoms. The predicted octanol–water partition coefficient (Wildman–Crippen LogP) is 2.72. The van der Waals surface area contributed by atoms with Gasteiger partial charge in [-0.1, -0.05) is 12.7 Å². The second-order valence-corrected chi connectivity index (χ2v) is 3.75. The van der Waals surface area contributed by atoms with Crippen molar-refractivity contribution in [1.82, 2.24) is 0 Å². The molecule has 0 radical (unpaired) electrons. The number of hydrogen-bond acceptors (Lipinski definition) is 3. The highest BCUT2D eigenvalue weighted by atomic mass is 79.9. The highest BCUT2D eigenvalue weighted by Crippen LogP contribution is 2.36. The topological polar surface area (TPSA) is 55.8 Å². The summed E-state index contributed by atoms with van der Waals surface area (Å²) in [6, 6.07) is 2.87. The lowest BCUT2D eigenvalue weighted by Crippen LogP contribution is -2.01. The minimum atomic E-state index is -1.02. The van der Waals surface area contributed by atoms with Gasteiger partial charge in [0.15, 0.2) is 11.5 Å². The molecule has 86 valence electrons. The van der Waals surface area contributed by atoms with Gasteiger partial charge in [0.25, 0.3) is 0 Å². The van der Waals surface area contributed by atoms with Crippen molar-refractivity contribution >= 4 is 21.9 Å². The van der Waals surface area contributed by atoms with E-state index in [1.807, 2.05) is 0 Å². The number of halogens is 1. The summed E-state index contributed by atoms with van der Waals surface area (Å²) in [4.78, 5) is 10.8. The Morgan fingerprint density at radius 3 is 2.81 bits per heavy atom. The van der Waals surface area contributed by atoms with E-state index in [4.69, 9.17) is 14.6 Å². The molecule has 4 nitrogen and oxygen atoms in total. The van der Waals surface area contributed by atoms with E-state index in [2.05, 4.69) is 22.5 Å². The van der Waals surface area contributed by atoms with E-state index in [1.54, 1.807) is 6.08 Å². The van der Waals surface area contributed by atoms with Crippen LogP contribution in [0.25, 0.3) is 0 Å². The van der Waals surface area contributed by atoms with Crippen LogP contribution in [-0.2, 0) is 0 Å². The van der Waals surface area contributed by atoms with E-state index >= 15 is 0 Å². The molecule has 0 saturated carbocycles. The standard InChI is InChI=1S/C11H11BrO4/c1-3-4-16-10-8(12)5-7(11(13)14)6-9(10)15-2/h3,5-6H,1,4H2,2H3,(H,13,14). The molecule has 1 rings (SSSR count). The first-order valence-electron chi connectivity index (χ1n) is 4.44. The lowest BCUT2D eigenvalue weighted by atomic mass is 10.2. The summed E-state index contributed by atoms with van der Waals surface area (Å²) < 4.78 is 11.0. The van der Waals surface area contributed by atoms with Gasteiger partial charge in [0.2, 0.25) is 0 Å². The Morgan fingerprint density at radius 1 is 1.62 bits per heavy atom. The number of carboxylic acids is 1. The minimum Gasteiger partial charge on any atom is -0.493 e. The van der Waals surface area contributed by atoms with Gasteiger partial charge in [-0.2, -0.15) is 0 Å². The molecule has 0 aliphatic heterocycles. The Bertz CT molecular complexity index is 415. The molecule has 0 fully saturated rings. The quantitative estimate of drug-likeness (QED) is 0.846. The van der Waals surface area contributed by atoms with E-state index < -0.39 is 5.97 Å². The van der Waals surface area contributed by atoms with Crippen molar-refractivity contribution in [2.24, 2.45) is 0 Å². The third-order valence-electron chi connectivity index (χ3n) is 1.82. The van der Waals surface area contributed by atoms with Crippen LogP contribution in [0.4, 0.5) is 0 Å². The van der Waals surface area contributed by atoms with E-state index in [0.29, 0.717) is 22.6 Å². The number of ether oxygens (including phenoxy) is 2. The molecular formula is C11H11BrO4. The molecule has 1 aromatic carbocycles. The first kappa shape index (κ1) is 12.6. The van der Waals surface area contributed by atoms with Gasteiger partial charge in [0.1, 0.15) is 6.61 Å². The Hall–Kier alpha value is -1.49.